The predicted octanol–water partition coefficient (Wildman–Crippen LogP) is 4.27. The second kappa shape index (κ2) is 7.10. The van der Waals surface area contributed by atoms with Crippen molar-refractivity contribution in [3.8, 4) is 11.1 Å². The van der Waals surface area contributed by atoms with Crippen molar-refractivity contribution in [3.63, 3.8) is 0 Å². The van der Waals surface area contributed by atoms with Crippen LogP contribution < -0.4 is 5.73 Å². The number of aliphatic imine (C=N–C) groups is 1. The number of pyridine rings is 1. The quantitative estimate of drug-likeness (QED) is 0.437. The van der Waals surface area contributed by atoms with E-state index in [-0.39, 0.29) is 42.3 Å². The molecule has 116 valence electrons. The molecule has 0 aliphatic heterocycles. The van der Waals surface area contributed by atoms with Gasteiger partial charge in [0.2, 0.25) is 0 Å². The number of rotatable bonds is 3. The third-order valence-corrected chi connectivity index (χ3v) is 4.70. The Morgan fingerprint density at radius 3 is 2.59 bits per heavy atom. The predicted molar refractivity (Wildman–Crippen MR) is 90.2 cm³/mol. The van der Waals surface area contributed by atoms with Gasteiger partial charge in [0, 0.05) is 11.1 Å². The van der Waals surface area contributed by atoms with Crippen LogP contribution in [0.4, 0.5) is 4.39 Å². The first-order valence-electron chi connectivity index (χ1n) is 5.78. The van der Waals surface area contributed by atoms with E-state index in [0.29, 0.717) is 0 Å². The van der Waals surface area contributed by atoms with Crippen LogP contribution in [0.1, 0.15) is 5.69 Å². The van der Waals surface area contributed by atoms with E-state index in [1.54, 1.807) is 0 Å². The summed E-state index contributed by atoms with van der Waals surface area (Å²) in [4.78, 5) is 7.67. The second-order valence-corrected chi connectivity index (χ2v) is 5.97. The van der Waals surface area contributed by atoms with Crippen LogP contribution in [-0.2, 0) is 0 Å². The number of benzene rings is 1. The first kappa shape index (κ1) is 17.4. The molecule has 3 N–H and O–H groups in total. The number of hydrogen-bond acceptors (Lipinski definition) is 3. The fourth-order valence-corrected chi connectivity index (χ4v) is 3.12. The van der Waals surface area contributed by atoms with Crippen LogP contribution in [0, 0.1) is 5.82 Å². The Labute approximate surface area is 148 Å². The highest BCUT2D eigenvalue weighted by Gasteiger charge is 2.23. The topological polar surface area (TPSA) is 71.5 Å². The maximum atomic E-state index is 14.1. The van der Waals surface area contributed by atoms with Crippen molar-refractivity contribution < 1.29 is 9.50 Å². The Kier molecular flexibility index (Phi) is 5.63. The summed E-state index contributed by atoms with van der Waals surface area (Å²) in [6, 6.07) is 4.21. The van der Waals surface area contributed by atoms with Crippen LogP contribution in [0.25, 0.3) is 11.1 Å². The maximum Gasteiger partial charge on any atom is 0.148 e. The zero-order valence-electron chi connectivity index (χ0n) is 10.7. The molecule has 22 heavy (non-hydrogen) atoms. The number of hydrogen-bond donors (Lipinski definition) is 2. The number of nitrogens with two attached hydrogens (primary N) is 1. The van der Waals surface area contributed by atoms with E-state index in [1.807, 2.05) is 0 Å². The largest absolute Gasteiger partial charge is 0.382 e. The van der Waals surface area contributed by atoms with Gasteiger partial charge >= 0.3 is 0 Å². The molecule has 1 heterocycles. The molecule has 2 aromatic rings. The van der Waals surface area contributed by atoms with Gasteiger partial charge in [0.1, 0.15) is 29.2 Å². The standard InChI is InChI=1S/C13H8BrCl3FN3O/c14-9-10(16)8(7-5(15)2-1-3-6(7)18)12(17)21-11(9)13(19)20-4-22/h1-3,22H,4H2,(H2,19,20). The third kappa shape index (κ3) is 3.21. The third-order valence-electron chi connectivity index (χ3n) is 2.73. The Bertz CT molecular complexity index is 750. The van der Waals surface area contributed by atoms with Crippen LogP contribution in [-0.4, -0.2) is 22.7 Å². The molecule has 0 aliphatic rings. The lowest BCUT2D eigenvalue weighted by molar-refractivity contribution is 0.309. The fraction of sp³-hybridized carbons (Fsp3) is 0.0769. The van der Waals surface area contributed by atoms with Crippen LogP contribution in [0.2, 0.25) is 15.2 Å². The molecular formula is C13H8BrCl3FN3O. The normalized spacial score (nSPS) is 11.8. The summed E-state index contributed by atoms with van der Waals surface area (Å²) in [6.07, 6.45) is 0. The van der Waals surface area contributed by atoms with Crippen LogP contribution in [0.3, 0.4) is 0 Å². The van der Waals surface area contributed by atoms with Crippen LogP contribution in [0.15, 0.2) is 27.7 Å². The van der Waals surface area contributed by atoms with Crippen molar-refractivity contribution in [1.82, 2.24) is 4.98 Å². The SMILES string of the molecule is N/C(=N\CO)c1nc(Cl)c(-c2c(F)cccc2Cl)c(Cl)c1Br. The van der Waals surface area contributed by atoms with E-state index >= 15 is 0 Å². The first-order chi connectivity index (χ1) is 10.4. The molecule has 0 amide bonds. The zero-order chi connectivity index (χ0) is 16.4. The van der Waals surface area contributed by atoms with Crippen LogP contribution >= 0.6 is 50.7 Å². The summed E-state index contributed by atoms with van der Waals surface area (Å²) < 4.78 is 14.3. The molecule has 4 nitrogen and oxygen atoms in total. The smallest absolute Gasteiger partial charge is 0.148 e. The highest BCUT2D eigenvalue weighted by Crippen LogP contribution is 2.43. The van der Waals surface area contributed by atoms with Gasteiger partial charge in [-0.1, -0.05) is 40.9 Å². The number of aliphatic hydroxyl groups is 1. The van der Waals surface area contributed by atoms with Gasteiger partial charge in [0.05, 0.1) is 14.5 Å². The Balaban J connectivity index is 2.76. The molecule has 0 atom stereocenters. The fourth-order valence-electron chi connectivity index (χ4n) is 1.78. The minimum atomic E-state index is -0.588. The molecule has 0 radical (unpaired) electrons. The zero-order valence-corrected chi connectivity index (χ0v) is 14.6. The van der Waals surface area contributed by atoms with Gasteiger partial charge in [-0.05, 0) is 28.1 Å². The Morgan fingerprint density at radius 2 is 2.00 bits per heavy atom. The summed E-state index contributed by atoms with van der Waals surface area (Å²) in [6.45, 7) is -0.518. The van der Waals surface area contributed by atoms with Crippen molar-refractivity contribution in [2.75, 3.05) is 6.73 Å². The van der Waals surface area contributed by atoms with Crippen molar-refractivity contribution in [3.05, 3.63) is 49.4 Å². The summed E-state index contributed by atoms with van der Waals surface area (Å²) in [7, 11) is 0. The lowest BCUT2D eigenvalue weighted by Crippen LogP contribution is -2.17. The van der Waals surface area contributed by atoms with E-state index in [0.717, 1.165) is 0 Å². The van der Waals surface area contributed by atoms with Gasteiger partial charge in [-0.2, -0.15) is 0 Å². The van der Waals surface area contributed by atoms with E-state index in [4.69, 9.17) is 45.6 Å². The van der Waals surface area contributed by atoms with Gasteiger partial charge in [-0.3, -0.25) is 0 Å². The van der Waals surface area contributed by atoms with Gasteiger partial charge in [0.15, 0.2) is 0 Å². The van der Waals surface area contributed by atoms with Crippen molar-refractivity contribution in [2.24, 2.45) is 10.7 Å². The first-order valence-corrected chi connectivity index (χ1v) is 7.71. The number of amidine groups is 1. The highest BCUT2D eigenvalue weighted by molar-refractivity contribution is 9.10. The molecule has 0 fully saturated rings. The number of halogens is 5. The lowest BCUT2D eigenvalue weighted by atomic mass is 10.1. The molecule has 0 saturated carbocycles. The van der Waals surface area contributed by atoms with Crippen LogP contribution in [0.5, 0.6) is 0 Å². The van der Waals surface area contributed by atoms with Crippen molar-refractivity contribution >= 4 is 56.6 Å². The molecule has 0 aliphatic carbocycles. The molecule has 9 heteroatoms. The van der Waals surface area contributed by atoms with Crippen molar-refractivity contribution in [1.29, 1.82) is 0 Å². The number of aliphatic hydroxyl groups excluding tert-OH is 1. The Hall–Kier alpha value is -0.920. The van der Waals surface area contributed by atoms with Crippen molar-refractivity contribution in [2.45, 2.75) is 0 Å². The molecule has 1 aromatic heterocycles. The average Bonchev–Trinajstić information content (AvgIpc) is 2.46. The summed E-state index contributed by atoms with van der Waals surface area (Å²) >= 11 is 21.6. The number of nitrogens with zero attached hydrogens (tertiary/aromatic N) is 2. The minimum Gasteiger partial charge on any atom is -0.382 e. The molecule has 0 bridgehead atoms. The Morgan fingerprint density at radius 1 is 1.32 bits per heavy atom. The maximum absolute atomic E-state index is 14.1. The highest BCUT2D eigenvalue weighted by atomic mass is 79.9. The minimum absolute atomic E-state index is 0.0385. The molecular weight excluding hydrogens is 419 g/mol. The molecule has 0 spiro atoms. The lowest BCUT2D eigenvalue weighted by Gasteiger charge is -2.13. The van der Waals surface area contributed by atoms with Gasteiger partial charge in [-0.15, -0.1) is 0 Å². The van der Waals surface area contributed by atoms with E-state index in [9.17, 15) is 4.39 Å². The second-order valence-electron chi connectivity index (χ2n) is 4.04. The monoisotopic (exact) mass is 425 g/mol. The molecule has 1 aromatic carbocycles. The van der Waals surface area contributed by atoms with E-state index in [1.165, 1.54) is 18.2 Å². The summed E-state index contributed by atoms with van der Waals surface area (Å²) in [5.41, 5.74) is 5.99. The molecule has 2 rings (SSSR count). The summed E-state index contributed by atoms with van der Waals surface area (Å²) in [5.74, 6) is -0.654. The van der Waals surface area contributed by atoms with Gasteiger partial charge < -0.3 is 10.8 Å². The number of aromatic nitrogens is 1. The molecule has 0 saturated heterocycles. The molecule has 0 unspecified atom stereocenters. The van der Waals surface area contributed by atoms with Gasteiger partial charge in [0.25, 0.3) is 0 Å². The van der Waals surface area contributed by atoms with E-state index in [2.05, 4.69) is 25.9 Å². The average molecular weight is 427 g/mol. The van der Waals surface area contributed by atoms with Gasteiger partial charge in [-0.25, -0.2) is 14.4 Å². The van der Waals surface area contributed by atoms with E-state index < -0.39 is 12.5 Å². The summed E-state index contributed by atoms with van der Waals surface area (Å²) in [5, 5.41) is 8.92.